The molecule has 0 radical (unpaired) electrons. The lowest BCUT2D eigenvalue weighted by molar-refractivity contribution is -0.348. The molecule has 0 aliphatic carbocycles. The van der Waals surface area contributed by atoms with Crippen LogP contribution in [0.25, 0.3) is 0 Å². The summed E-state index contributed by atoms with van der Waals surface area (Å²) in [4.78, 5) is 0. The summed E-state index contributed by atoms with van der Waals surface area (Å²) in [6.07, 6.45) is -1.29. The Morgan fingerprint density at radius 3 is 1.47 bits per heavy atom. The molecule has 32 heavy (non-hydrogen) atoms. The molecule has 3 aromatic carbocycles. The molecule has 1 heterocycles. The summed E-state index contributed by atoms with van der Waals surface area (Å²) in [5, 5.41) is 1.58. The average Bonchev–Trinajstić information content (AvgIpc) is 2.89. The average molecular weight is 440 g/mol. The van der Waals surface area contributed by atoms with Gasteiger partial charge in [-0.1, -0.05) is 102 Å². The van der Waals surface area contributed by atoms with Crippen LogP contribution in [0.15, 0.2) is 48.5 Å². The number of hydrogen-bond acceptors (Lipinski definition) is 0. The van der Waals surface area contributed by atoms with Crippen LogP contribution in [-0.4, -0.2) is 31.2 Å². The topological polar surface area (TPSA) is 3.01 Å². The summed E-state index contributed by atoms with van der Waals surface area (Å²) >= 11 is 0. The van der Waals surface area contributed by atoms with E-state index in [9.17, 15) is 0 Å². The van der Waals surface area contributed by atoms with E-state index in [0.29, 0.717) is 0 Å². The van der Waals surface area contributed by atoms with E-state index in [1.807, 2.05) is 0 Å². The van der Waals surface area contributed by atoms with Crippen molar-refractivity contribution in [1.29, 1.82) is 0 Å². The van der Waals surface area contributed by atoms with Crippen LogP contribution in [0.1, 0.15) is 38.9 Å². The van der Waals surface area contributed by atoms with Crippen LogP contribution in [0.3, 0.4) is 0 Å². The zero-order valence-electron chi connectivity index (χ0n) is 21.6. The number of rotatable bonds is 3. The van der Waals surface area contributed by atoms with Gasteiger partial charge in [-0.15, -0.1) is 16.4 Å². The largest absolute Gasteiger partial charge is 0.450 e. The Labute approximate surface area is 196 Å². The van der Waals surface area contributed by atoms with E-state index in [4.69, 9.17) is 0 Å². The van der Waals surface area contributed by atoms with Gasteiger partial charge in [0.05, 0.1) is 12.4 Å². The van der Waals surface area contributed by atoms with Crippen molar-refractivity contribution in [3.63, 3.8) is 0 Å². The normalized spacial score (nSPS) is 15.3. The van der Waals surface area contributed by atoms with Crippen molar-refractivity contribution in [2.45, 2.75) is 61.2 Å². The molecule has 4 rings (SSSR count). The number of benzene rings is 3. The number of nitrogens with zero attached hydrogens (tertiary/aromatic N) is 1. The second-order valence-electron chi connectivity index (χ2n) is 11.2. The van der Waals surface area contributed by atoms with Gasteiger partial charge in [0.25, 0.3) is 0 Å². The Balaban J connectivity index is 2.32. The van der Waals surface area contributed by atoms with Gasteiger partial charge in [0, 0.05) is 5.56 Å². The third-order valence-corrected chi connectivity index (χ3v) is 9.66. The van der Waals surface area contributed by atoms with Crippen LogP contribution in [0.4, 0.5) is 0 Å². The first kappa shape index (κ1) is 22.8. The molecule has 0 aromatic heterocycles. The second kappa shape index (κ2) is 7.59. The molecule has 0 atom stereocenters. The van der Waals surface area contributed by atoms with Crippen molar-refractivity contribution in [2.24, 2.45) is 0 Å². The van der Waals surface area contributed by atoms with Gasteiger partial charge < -0.3 is 4.49 Å². The van der Waals surface area contributed by atoms with Crippen LogP contribution in [0.5, 0.6) is 0 Å². The minimum Gasteiger partial charge on any atom is -0.450 e. The maximum absolute atomic E-state index is 2.73. The van der Waals surface area contributed by atoms with Gasteiger partial charge in [-0.3, -0.25) is 0 Å². The van der Waals surface area contributed by atoms with E-state index in [2.05, 4.69) is 121 Å². The molecule has 3 heteroatoms. The molecule has 0 bridgehead atoms. The molecular formula is C29H38BNSi. The van der Waals surface area contributed by atoms with Crippen LogP contribution >= 0.6 is 0 Å². The molecule has 1 aliphatic heterocycles. The Hall–Kier alpha value is -2.39. The molecule has 166 valence electrons. The molecule has 0 saturated heterocycles. The monoisotopic (exact) mass is 439 g/mol. The lowest BCUT2D eigenvalue weighted by atomic mass is 9.22. The molecule has 0 spiro atoms. The predicted molar refractivity (Wildman–Crippen MR) is 146 cm³/mol. The lowest BCUT2D eigenvalue weighted by Gasteiger charge is -2.40. The summed E-state index contributed by atoms with van der Waals surface area (Å²) in [5.74, 6) is 0. The first-order chi connectivity index (χ1) is 14.9. The first-order valence-corrected chi connectivity index (χ1v) is 15.4. The molecule has 1 nitrogen and oxygen atoms in total. The highest BCUT2D eigenvalue weighted by Gasteiger charge is 2.53. The summed E-state index contributed by atoms with van der Waals surface area (Å²) in [7, 11) is 0.754. The quantitative estimate of drug-likeness (QED) is 0.515. The Kier molecular flexibility index (Phi) is 5.41. The van der Waals surface area contributed by atoms with Crippen LogP contribution < -0.4 is 16.4 Å². The van der Waals surface area contributed by atoms with Crippen molar-refractivity contribution < 1.29 is 4.49 Å². The third kappa shape index (κ3) is 3.16. The maximum Gasteiger partial charge on any atom is 0.356 e. The third-order valence-electron chi connectivity index (χ3n) is 7.62. The lowest BCUT2D eigenvalue weighted by Crippen LogP contribution is -2.74. The smallest absolute Gasteiger partial charge is 0.356 e. The van der Waals surface area contributed by atoms with Crippen LogP contribution in [0, 0.1) is 41.5 Å². The Morgan fingerprint density at radius 1 is 0.656 bits per heavy atom. The van der Waals surface area contributed by atoms with Crippen molar-refractivity contribution in [2.75, 3.05) is 7.05 Å². The van der Waals surface area contributed by atoms with Gasteiger partial charge in [0.15, 0.2) is 8.07 Å². The van der Waals surface area contributed by atoms with Crippen LogP contribution in [-0.2, 0) is 0 Å². The molecule has 0 fully saturated rings. The maximum atomic E-state index is 2.73. The standard InChI is InChI=1S/C29H38BNSi/c1-19-15-21(3)27(22(4)16-19)30(28-23(5)17-20(2)18-24(28)6)26-14-12-11-13-25(26)29(31(30)7)32(8,9)10/h11-18H,1-10H3. The van der Waals surface area contributed by atoms with Gasteiger partial charge in [0.2, 0.25) is 0 Å². The molecule has 0 amide bonds. The molecular weight excluding hydrogens is 401 g/mol. The van der Waals surface area contributed by atoms with Crippen molar-refractivity contribution in [3.05, 3.63) is 87.5 Å². The van der Waals surface area contributed by atoms with E-state index in [-0.39, 0.29) is 0 Å². The van der Waals surface area contributed by atoms with E-state index < -0.39 is 14.4 Å². The number of aryl methyl sites for hydroxylation is 6. The Bertz CT molecular complexity index is 1170. The fourth-order valence-electron chi connectivity index (χ4n) is 7.15. The van der Waals surface area contributed by atoms with Crippen molar-refractivity contribution >= 4 is 36.1 Å². The van der Waals surface area contributed by atoms with E-state index in [1.54, 1.807) is 5.33 Å². The SMILES string of the molecule is Cc1cc(C)c([B-]2(c3c(C)cc(C)cc3C)c3ccccc3C([Si](C)(C)C)=[N+]2C)c(C)c1. The first-order valence-electron chi connectivity index (χ1n) is 11.9. The van der Waals surface area contributed by atoms with Gasteiger partial charge in [-0.05, 0) is 41.5 Å². The van der Waals surface area contributed by atoms with Crippen molar-refractivity contribution in [1.82, 2.24) is 0 Å². The second-order valence-corrected chi connectivity index (χ2v) is 16.2. The molecule has 3 aromatic rings. The highest BCUT2D eigenvalue weighted by Crippen LogP contribution is 2.27. The molecule has 0 saturated carbocycles. The van der Waals surface area contributed by atoms with Gasteiger partial charge >= 0.3 is 6.28 Å². The number of fused-ring (bicyclic) bond motifs is 1. The fourth-order valence-corrected chi connectivity index (χ4v) is 9.43. The van der Waals surface area contributed by atoms with Crippen LogP contribution in [0.2, 0.25) is 19.6 Å². The zero-order valence-corrected chi connectivity index (χ0v) is 22.6. The Morgan fingerprint density at radius 2 is 1.06 bits per heavy atom. The summed E-state index contributed by atoms with van der Waals surface area (Å²) < 4.78 is 2.73. The highest BCUT2D eigenvalue weighted by molar-refractivity contribution is 7.14. The van der Waals surface area contributed by atoms with Gasteiger partial charge in [-0.25, -0.2) is 0 Å². The van der Waals surface area contributed by atoms with Crippen molar-refractivity contribution in [3.8, 4) is 0 Å². The number of hydrogen-bond donors (Lipinski definition) is 0. The zero-order chi connectivity index (χ0) is 23.6. The molecule has 1 aliphatic rings. The highest BCUT2D eigenvalue weighted by atomic mass is 28.3. The minimum atomic E-state index is -1.63. The summed E-state index contributed by atoms with van der Waals surface area (Å²) in [5.41, 5.74) is 14.3. The summed E-state index contributed by atoms with van der Waals surface area (Å²) in [6, 6.07) is 18.8. The minimum absolute atomic E-state index is 1.29. The van der Waals surface area contributed by atoms with E-state index in [0.717, 1.165) is 0 Å². The van der Waals surface area contributed by atoms with Gasteiger partial charge in [0.1, 0.15) is 0 Å². The van der Waals surface area contributed by atoms with E-state index in [1.165, 1.54) is 55.3 Å². The molecule has 0 N–H and O–H groups in total. The van der Waals surface area contributed by atoms with E-state index >= 15 is 0 Å². The molecule has 0 unspecified atom stereocenters. The predicted octanol–water partition coefficient (Wildman–Crippen LogP) is 4.83. The van der Waals surface area contributed by atoms with Gasteiger partial charge in [-0.2, -0.15) is 0 Å². The fraction of sp³-hybridized carbons (Fsp3) is 0.345. The summed E-state index contributed by atoms with van der Waals surface area (Å²) in [6.45, 7) is 21.2.